The molecule has 0 amide bonds. The van der Waals surface area contributed by atoms with Crippen molar-refractivity contribution in [1.82, 2.24) is 4.57 Å². The third kappa shape index (κ3) is 3.65. The summed E-state index contributed by atoms with van der Waals surface area (Å²) in [5.74, 6) is -1.01. The maximum Gasteiger partial charge on any atom is 0.419 e. The van der Waals surface area contributed by atoms with Crippen LogP contribution in [0.25, 0.3) is 11.1 Å². The molecule has 1 N–H and O–H groups in total. The maximum absolute atomic E-state index is 12.8. The molecule has 9 heteroatoms. The number of rotatable bonds is 6. The third-order valence-corrected chi connectivity index (χ3v) is 5.74. The van der Waals surface area contributed by atoms with Crippen LogP contribution < -0.4 is 10.5 Å². The minimum absolute atomic E-state index is 0.00599. The number of hydrogen-bond acceptors (Lipinski definition) is 6. The summed E-state index contributed by atoms with van der Waals surface area (Å²) >= 11 is 0. The molecular formula is C19H20N2O6S. The molecule has 8 nitrogen and oxygen atoms in total. The zero-order valence-electron chi connectivity index (χ0n) is 15.7. The largest absolute Gasteiger partial charge is 0.462 e. The second-order valence-corrected chi connectivity index (χ2v) is 7.75. The standard InChI is InChI=1S/C19H20N2O6S/c1-4-21-15-10-12(3)17(11-16(15)27-19(21)23)28(24,25)20-14-8-6-13(7-9-14)18(22)26-5-2/h6-11,20H,4-5H2,1-3H3. The average Bonchev–Trinajstić information content (AvgIpc) is 2.95. The molecule has 0 radical (unpaired) electrons. The fourth-order valence-electron chi connectivity index (χ4n) is 2.88. The fourth-order valence-corrected chi connectivity index (χ4v) is 4.18. The van der Waals surface area contributed by atoms with Crippen molar-refractivity contribution in [3.05, 3.63) is 58.1 Å². The number of esters is 1. The maximum atomic E-state index is 12.8. The van der Waals surface area contributed by atoms with Crippen molar-refractivity contribution in [2.24, 2.45) is 0 Å². The summed E-state index contributed by atoms with van der Waals surface area (Å²) in [6, 6.07) is 8.87. The Bertz CT molecular complexity index is 1190. The van der Waals surface area contributed by atoms with Crippen LogP contribution in [0.1, 0.15) is 29.8 Å². The van der Waals surface area contributed by atoms with E-state index in [1.165, 1.54) is 34.9 Å². The molecule has 0 aliphatic heterocycles. The minimum atomic E-state index is -3.93. The number of oxazole rings is 1. The number of aryl methyl sites for hydroxylation is 2. The van der Waals surface area contributed by atoms with Crippen molar-refractivity contribution in [1.29, 1.82) is 0 Å². The van der Waals surface area contributed by atoms with Gasteiger partial charge in [0, 0.05) is 18.3 Å². The van der Waals surface area contributed by atoms with Gasteiger partial charge in [0.05, 0.1) is 22.6 Å². The number of carbonyl (C=O) groups is 1. The zero-order valence-corrected chi connectivity index (χ0v) is 16.5. The monoisotopic (exact) mass is 404 g/mol. The molecule has 0 aliphatic rings. The van der Waals surface area contributed by atoms with Gasteiger partial charge < -0.3 is 9.15 Å². The second kappa shape index (κ2) is 7.51. The SMILES string of the molecule is CCOC(=O)c1ccc(NS(=O)(=O)c2cc3oc(=O)n(CC)c3cc2C)cc1. The normalized spacial score (nSPS) is 11.5. The van der Waals surface area contributed by atoms with Crippen LogP contribution in [0.2, 0.25) is 0 Å². The molecule has 1 heterocycles. The Kier molecular flexibility index (Phi) is 5.28. The number of ether oxygens (including phenoxy) is 1. The molecule has 2 aromatic carbocycles. The smallest absolute Gasteiger partial charge is 0.419 e. The number of fused-ring (bicyclic) bond motifs is 1. The minimum Gasteiger partial charge on any atom is -0.462 e. The van der Waals surface area contributed by atoms with E-state index < -0.39 is 21.7 Å². The molecule has 3 rings (SSSR count). The lowest BCUT2D eigenvalue weighted by Gasteiger charge is -2.11. The molecule has 0 spiro atoms. The van der Waals surface area contributed by atoms with Crippen molar-refractivity contribution in [2.45, 2.75) is 32.2 Å². The first-order valence-electron chi connectivity index (χ1n) is 8.70. The number of anilines is 1. The van der Waals surface area contributed by atoms with Gasteiger partial charge in [0.15, 0.2) is 5.58 Å². The van der Waals surface area contributed by atoms with Crippen molar-refractivity contribution in [3.8, 4) is 0 Å². The lowest BCUT2D eigenvalue weighted by molar-refractivity contribution is 0.0526. The number of carbonyl (C=O) groups excluding carboxylic acids is 1. The first-order valence-corrected chi connectivity index (χ1v) is 10.2. The number of aromatic nitrogens is 1. The van der Waals surface area contributed by atoms with Gasteiger partial charge in [0.2, 0.25) is 0 Å². The summed E-state index contributed by atoms with van der Waals surface area (Å²) in [4.78, 5) is 23.6. The van der Waals surface area contributed by atoms with Crippen LogP contribution in [0.5, 0.6) is 0 Å². The molecular weight excluding hydrogens is 384 g/mol. The Morgan fingerprint density at radius 2 is 1.86 bits per heavy atom. The fraction of sp³-hybridized carbons (Fsp3) is 0.263. The Labute approximate surface area is 161 Å². The molecule has 0 saturated heterocycles. The summed E-state index contributed by atoms with van der Waals surface area (Å²) in [6.45, 7) is 5.83. The van der Waals surface area contributed by atoms with Crippen LogP contribution in [-0.2, 0) is 21.3 Å². The molecule has 1 aromatic heterocycles. The molecule has 0 aliphatic carbocycles. The predicted octanol–water partition coefficient (Wildman–Crippen LogP) is 2.90. The Morgan fingerprint density at radius 3 is 2.46 bits per heavy atom. The van der Waals surface area contributed by atoms with Crippen LogP contribution in [0, 0.1) is 6.92 Å². The van der Waals surface area contributed by atoms with E-state index in [9.17, 15) is 18.0 Å². The topological polar surface area (TPSA) is 108 Å². The summed E-state index contributed by atoms with van der Waals surface area (Å²) in [7, 11) is -3.93. The highest BCUT2D eigenvalue weighted by molar-refractivity contribution is 7.92. The van der Waals surface area contributed by atoms with Gasteiger partial charge in [-0.3, -0.25) is 9.29 Å². The van der Waals surface area contributed by atoms with Crippen LogP contribution in [0.4, 0.5) is 5.69 Å². The van der Waals surface area contributed by atoms with E-state index in [-0.39, 0.29) is 17.1 Å². The van der Waals surface area contributed by atoms with Crippen molar-refractivity contribution < 1.29 is 22.4 Å². The van der Waals surface area contributed by atoms with E-state index >= 15 is 0 Å². The molecule has 0 bridgehead atoms. The summed E-state index contributed by atoms with van der Waals surface area (Å²) in [5.41, 5.74) is 1.84. The summed E-state index contributed by atoms with van der Waals surface area (Å²) < 4.78 is 39.6. The predicted molar refractivity (Wildman–Crippen MR) is 104 cm³/mol. The third-order valence-electron chi connectivity index (χ3n) is 4.22. The quantitative estimate of drug-likeness (QED) is 0.633. The number of hydrogen-bond donors (Lipinski definition) is 1. The van der Waals surface area contributed by atoms with Gasteiger partial charge in [-0.1, -0.05) is 0 Å². The van der Waals surface area contributed by atoms with Gasteiger partial charge in [-0.15, -0.1) is 0 Å². The summed E-state index contributed by atoms with van der Waals surface area (Å²) in [5, 5.41) is 0. The first kappa shape index (κ1) is 19.7. The number of benzene rings is 2. The van der Waals surface area contributed by atoms with Gasteiger partial charge in [-0.2, -0.15) is 0 Å². The molecule has 0 atom stereocenters. The van der Waals surface area contributed by atoms with Crippen molar-refractivity contribution in [2.75, 3.05) is 11.3 Å². The van der Waals surface area contributed by atoms with Crippen molar-refractivity contribution >= 4 is 32.8 Å². The zero-order chi connectivity index (χ0) is 20.5. The van der Waals surface area contributed by atoms with Gasteiger partial charge in [0.1, 0.15) is 0 Å². The van der Waals surface area contributed by atoms with Crippen molar-refractivity contribution in [3.63, 3.8) is 0 Å². The van der Waals surface area contributed by atoms with E-state index in [4.69, 9.17) is 9.15 Å². The van der Waals surface area contributed by atoms with E-state index in [1.807, 2.05) is 0 Å². The highest BCUT2D eigenvalue weighted by Gasteiger charge is 2.21. The van der Waals surface area contributed by atoms with E-state index in [1.54, 1.807) is 26.8 Å². The van der Waals surface area contributed by atoms with Crippen LogP contribution in [0.3, 0.4) is 0 Å². The Morgan fingerprint density at radius 1 is 1.18 bits per heavy atom. The van der Waals surface area contributed by atoms with Crippen LogP contribution in [-0.4, -0.2) is 25.6 Å². The lowest BCUT2D eigenvalue weighted by atomic mass is 10.2. The van der Waals surface area contributed by atoms with E-state index in [0.29, 0.717) is 28.9 Å². The molecule has 0 unspecified atom stereocenters. The number of sulfonamides is 1. The Hall–Kier alpha value is -3.07. The van der Waals surface area contributed by atoms with E-state index in [2.05, 4.69) is 4.72 Å². The number of nitrogens with one attached hydrogen (secondary N) is 1. The van der Waals surface area contributed by atoms with Crippen LogP contribution in [0.15, 0.2) is 50.5 Å². The lowest BCUT2D eigenvalue weighted by Crippen LogP contribution is -2.15. The second-order valence-electron chi connectivity index (χ2n) is 6.10. The van der Waals surface area contributed by atoms with Gasteiger partial charge >= 0.3 is 11.7 Å². The average molecular weight is 404 g/mol. The molecule has 3 aromatic rings. The van der Waals surface area contributed by atoms with E-state index in [0.717, 1.165) is 0 Å². The summed E-state index contributed by atoms with van der Waals surface area (Å²) in [6.07, 6.45) is 0. The Balaban J connectivity index is 1.94. The molecule has 148 valence electrons. The highest BCUT2D eigenvalue weighted by Crippen LogP contribution is 2.25. The number of nitrogens with zero attached hydrogens (tertiary/aromatic N) is 1. The highest BCUT2D eigenvalue weighted by atomic mass is 32.2. The van der Waals surface area contributed by atoms with Gasteiger partial charge in [0.25, 0.3) is 10.0 Å². The molecule has 0 saturated carbocycles. The van der Waals surface area contributed by atoms with Gasteiger partial charge in [-0.25, -0.2) is 18.0 Å². The van der Waals surface area contributed by atoms with Gasteiger partial charge in [-0.05, 0) is 56.7 Å². The molecule has 28 heavy (non-hydrogen) atoms. The van der Waals surface area contributed by atoms with Crippen LogP contribution >= 0.6 is 0 Å². The first-order chi connectivity index (χ1) is 13.3. The molecule has 0 fully saturated rings.